The summed E-state index contributed by atoms with van der Waals surface area (Å²) in [5.74, 6) is 3.57. The van der Waals surface area contributed by atoms with Gasteiger partial charge in [-0.25, -0.2) is 0 Å². The van der Waals surface area contributed by atoms with Gasteiger partial charge < -0.3 is 61.9 Å². The van der Waals surface area contributed by atoms with Crippen LogP contribution in [0.3, 0.4) is 0 Å². The second kappa shape index (κ2) is 22.3. The van der Waals surface area contributed by atoms with Crippen molar-refractivity contribution in [2.24, 2.45) is 0 Å². The molecule has 9 atom stereocenters. The average Bonchev–Trinajstić information content (AvgIpc) is 4.29. The summed E-state index contributed by atoms with van der Waals surface area (Å²) in [7, 11) is 10.0. The fourth-order valence-electron chi connectivity index (χ4n) is 12.6. The van der Waals surface area contributed by atoms with Gasteiger partial charge in [0.15, 0.2) is 17.7 Å². The molecule has 16 heteroatoms. The van der Waals surface area contributed by atoms with Gasteiger partial charge in [-0.15, -0.1) is 0 Å². The molecule has 1 N–H and O–H groups in total. The van der Waals surface area contributed by atoms with Gasteiger partial charge >= 0.3 is 5.97 Å². The van der Waals surface area contributed by atoms with Gasteiger partial charge in [-0.1, -0.05) is 76.4 Å². The number of benzene rings is 5. The lowest BCUT2D eigenvalue weighted by Gasteiger charge is -2.37. The lowest BCUT2D eigenvalue weighted by molar-refractivity contribution is -0.143. The lowest BCUT2D eigenvalue weighted by atomic mass is 9.76. The van der Waals surface area contributed by atoms with Gasteiger partial charge in [0.25, 0.3) is 0 Å². The third-order valence-corrected chi connectivity index (χ3v) is 15.6. The Bertz CT molecular complexity index is 3090. The minimum Gasteiger partial charge on any atom is -0.507 e. The first-order chi connectivity index (χ1) is 37.0. The fraction of sp³-hybridized carbons (Fsp3) is 0.483. The second-order valence-electron chi connectivity index (χ2n) is 19.9. The number of fused-ring (bicyclic) bond motifs is 11. The molecule has 3 fully saturated rings. The van der Waals surface area contributed by atoms with Crippen molar-refractivity contribution in [3.05, 3.63) is 99.1 Å². The molecule has 0 radical (unpaired) electrons. The summed E-state index contributed by atoms with van der Waals surface area (Å²) in [6.45, 7) is 7.53. The van der Waals surface area contributed by atoms with Crippen molar-refractivity contribution in [2.45, 2.75) is 133 Å². The molecule has 0 unspecified atom stereocenters. The predicted molar refractivity (Wildman–Crippen MR) is 281 cm³/mol. The molecule has 1 aliphatic carbocycles. The number of aromatic hydroxyl groups is 1. The summed E-state index contributed by atoms with van der Waals surface area (Å²) in [4.78, 5) is 38.0. The van der Waals surface area contributed by atoms with E-state index in [1.54, 1.807) is 54.8 Å². The average molecular weight is 1050 g/mol. The molecule has 404 valence electrons. The molecule has 6 aliphatic heterocycles. The molecule has 7 aliphatic rings. The van der Waals surface area contributed by atoms with Crippen LogP contribution < -0.4 is 28.4 Å². The highest BCUT2D eigenvalue weighted by atomic mass is 16.6. The zero-order valence-corrected chi connectivity index (χ0v) is 44.7. The van der Waals surface area contributed by atoms with Crippen LogP contribution in [0.1, 0.15) is 146 Å². The van der Waals surface area contributed by atoms with E-state index in [4.69, 9.17) is 56.8 Å². The number of phenols is 1. The molecule has 12 rings (SSSR count). The molecule has 16 nitrogen and oxygen atoms in total. The van der Waals surface area contributed by atoms with Crippen LogP contribution in [-0.2, 0) is 33.2 Å². The van der Waals surface area contributed by atoms with E-state index in [9.17, 15) is 19.5 Å². The van der Waals surface area contributed by atoms with E-state index in [0.29, 0.717) is 48.0 Å². The maximum Gasteiger partial charge on any atom is 0.309 e. The number of hydrogen-bond acceptors (Lipinski definition) is 16. The second-order valence-corrected chi connectivity index (χ2v) is 19.9. The van der Waals surface area contributed by atoms with Crippen LogP contribution in [-0.4, -0.2) is 109 Å². The highest BCUT2D eigenvalue weighted by molar-refractivity contribution is 6.28. The van der Waals surface area contributed by atoms with Gasteiger partial charge in [0.2, 0.25) is 0 Å². The van der Waals surface area contributed by atoms with Crippen LogP contribution in [0.25, 0.3) is 21.5 Å². The van der Waals surface area contributed by atoms with Crippen molar-refractivity contribution in [3.63, 3.8) is 0 Å². The quantitative estimate of drug-likeness (QED) is 0.116. The predicted octanol–water partition coefficient (Wildman–Crippen LogP) is 11.1. The van der Waals surface area contributed by atoms with Crippen LogP contribution in [0.5, 0.6) is 40.2 Å². The van der Waals surface area contributed by atoms with E-state index >= 15 is 0 Å². The number of carbonyl (C=O) groups is 3. The van der Waals surface area contributed by atoms with Crippen LogP contribution in [0.2, 0.25) is 0 Å². The highest BCUT2D eigenvalue weighted by Gasteiger charge is 2.51. The monoisotopic (exact) mass is 1040 g/mol. The van der Waals surface area contributed by atoms with E-state index in [-0.39, 0.29) is 77.5 Å². The molecule has 3 saturated heterocycles. The topological polar surface area (TPSA) is 182 Å². The zero-order valence-electron chi connectivity index (χ0n) is 44.7. The smallest absolute Gasteiger partial charge is 0.309 e. The Morgan fingerprint density at radius 1 is 0.513 bits per heavy atom. The largest absolute Gasteiger partial charge is 0.507 e. The highest BCUT2D eigenvalue weighted by Crippen LogP contribution is 2.58. The first-order valence-electron chi connectivity index (χ1n) is 26.6. The van der Waals surface area contributed by atoms with Crippen molar-refractivity contribution in [3.8, 4) is 40.2 Å². The Kier molecular flexibility index (Phi) is 15.5. The number of phenolic OH excluding ortho intramolecular Hbond substituents is 1. The maximum atomic E-state index is 13.0. The van der Waals surface area contributed by atoms with E-state index in [0.717, 1.165) is 106 Å². The molecule has 0 bridgehead atoms. The third-order valence-electron chi connectivity index (χ3n) is 15.6. The third kappa shape index (κ3) is 8.79. The van der Waals surface area contributed by atoms with Crippen LogP contribution in [0, 0.1) is 0 Å². The number of hydrogen-bond donors (Lipinski definition) is 1. The summed E-state index contributed by atoms with van der Waals surface area (Å²) in [6, 6.07) is 16.4. The standard InChI is InChI=1S/C21H24O6.C21H26O5.C18H18O5/c1-5-7-13-17-18(20-14(26-13)10-15(22)27-20)19(24-3)11-8-6-9-12(23-2)16(11)21(17)25-4;1-5-7-14-17-18(20-15(26-14)10-11-25-20)19(23-3)12-8-6-9-13(22-2)16(12)21(17)24-4;1-2-4-11-14-15(18-12(23-11)7-8-22-18)16(20)9-5-3-6-10(19)13(9)17(14)21/h6,8-9,13-14,20H,5,7,10H2,1-4H3;6,8-9,14-15,20H,5,7,10-11H2,1-4H3;3,5-6,11-12,18-19H,2,4,7-8H2,1H3/t13-,14+,20-;14-,15+,20-;11-,12+,18-/m000/s1. The van der Waals surface area contributed by atoms with Gasteiger partial charge in [0.1, 0.15) is 58.6 Å². The van der Waals surface area contributed by atoms with Crippen LogP contribution in [0.4, 0.5) is 0 Å². The first kappa shape index (κ1) is 53.0. The number of carbonyl (C=O) groups excluding carboxylic acids is 3. The number of Topliss-reactive ketones (excluding diaryl/α,β-unsaturated/α-hetero) is 2. The number of ketones is 2. The minimum atomic E-state index is -0.486. The van der Waals surface area contributed by atoms with Crippen LogP contribution >= 0.6 is 0 Å². The van der Waals surface area contributed by atoms with E-state index in [2.05, 4.69) is 13.8 Å². The van der Waals surface area contributed by atoms with Crippen LogP contribution in [0.15, 0.2) is 65.7 Å². The molecule has 0 spiro atoms. The van der Waals surface area contributed by atoms with E-state index in [1.807, 2.05) is 43.3 Å². The molecular weight excluding hydrogens is 977 g/mol. The minimum absolute atomic E-state index is 0.0314. The number of methoxy groups -OCH3 is 6. The summed E-state index contributed by atoms with van der Waals surface area (Å²) in [5, 5.41) is 13.7. The molecule has 5 aromatic carbocycles. The van der Waals surface area contributed by atoms with Crippen molar-refractivity contribution >= 4 is 39.1 Å². The number of ether oxygens (including phenoxy) is 12. The van der Waals surface area contributed by atoms with Gasteiger partial charge in [-0.3, -0.25) is 14.4 Å². The molecular formula is C60H68O16. The number of esters is 1. The Morgan fingerprint density at radius 3 is 1.54 bits per heavy atom. The van der Waals surface area contributed by atoms with Gasteiger partial charge in [0.05, 0.1) is 109 Å². The molecule has 5 aromatic rings. The van der Waals surface area contributed by atoms with Crippen molar-refractivity contribution in [1.82, 2.24) is 0 Å². The first-order valence-corrected chi connectivity index (χ1v) is 26.6. The van der Waals surface area contributed by atoms with Crippen molar-refractivity contribution in [1.29, 1.82) is 0 Å². The molecule has 6 heterocycles. The Hall–Kier alpha value is -6.43. The summed E-state index contributed by atoms with van der Waals surface area (Å²) < 4.78 is 71.0. The molecule has 0 saturated carbocycles. The van der Waals surface area contributed by atoms with Crippen molar-refractivity contribution in [2.75, 3.05) is 55.9 Å². The maximum absolute atomic E-state index is 13.0. The normalized spacial score (nSPS) is 25.5. The Labute approximate surface area is 442 Å². The van der Waals surface area contributed by atoms with Crippen molar-refractivity contribution < 1.29 is 76.3 Å². The summed E-state index contributed by atoms with van der Waals surface area (Å²) >= 11 is 0. The SMILES string of the molecule is CCC[C@@H]1O[C@@H]2CC(=O)O[C@@H]2c2c1c(OC)c1c(OC)cccc1c2OC.CCC[C@@H]1O[C@@H]2CCO[C@@H]2C2=C1C(=O)c1c(O)cccc1C2=O.CCC[C@@H]1O[C@@H]2CCO[C@@H]2c2c1c(OC)c1c(OC)cccc1c2OC. The van der Waals surface area contributed by atoms with Gasteiger partial charge in [-0.2, -0.15) is 0 Å². The van der Waals surface area contributed by atoms with E-state index in [1.165, 1.54) is 6.07 Å². The van der Waals surface area contributed by atoms with Gasteiger partial charge in [0, 0.05) is 49.7 Å². The Balaban J connectivity index is 0.000000130. The Morgan fingerprint density at radius 2 is 1.00 bits per heavy atom. The number of rotatable bonds is 12. The molecule has 0 aromatic heterocycles. The lowest BCUT2D eigenvalue weighted by Crippen LogP contribution is -2.45. The summed E-state index contributed by atoms with van der Waals surface area (Å²) in [5.41, 5.74) is 5.07. The molecule has 76 heavy (non-hydrogen) atoms. The fourth-order valence-corrected chi connectivity index (χ4v) is 12.6. The summed E-state index contributed by atoms with van der Waals surface area (Å²) in [6.07, 6.45) is 5.02. The molecule has 0 amide bonds. The zero-order chi connectivity index (χ0) is 53.5. The van der Waals surface area contributed by atoms with Gasteiger partial charge in [-0.05, 0) is 50.3 Å². The van der Waals surface area contributed by atoms with E-state index < -0.39 is 18.3 Å².